The topological polar surface area (TPSA) is 38.3 Å². The summed E-state index contributed by atoms with van der Waals surface area (Å²) in [7, 11) is 0. The number of amides is 1. The van der Waals surface area contributed by atoms with E-state index in [1.165, 1.54) is 12.1 Å². The first-order chi connectivity index (χ1) is 10.5. The maximum absolute atomic E-state index is 13.6. The Morgan fingerprint density at radius 2 is 1.86 bits per heavy atom. The molecule has 0 aromatic heterocycles. The number of ether oxygens (including phenoxy) is 1. The minimum absolute atomic E-state index is 0.0358. The predicted molar refractivity (Wildman–Crippen MR) is 86.2 cm³/mol. The number of rotatable bonds is 5. The van der Waals surface area contributed by atoms with Gasteiger partial charge in [-0.05, 0) is 36.8 Å². The van der Waals surface area contributed by atoms with E-state index in [4.69, 9.17) is 27.9 Å². The highest BCUT2D eigenvalue weighted by Crippen LogP contribution is 2.23. The van der Waals surface area contributed by atoms with Crippen LogP contribution in [0.15, 0.2) is 42.5 Å². The van der Waals surface area contributed by atoms with Crippen molar-refractivity contribution in [2.24, 2.45) is 0 Å². The predicted octanol–water partition coefficient (Wildman–Crippen LogP) is 4.93. The van der Waals surface area contributed by atoms with Gasteiger partial charge in [0.1, 0.15) is 0 Å². The Bertz CT molecular complexity index is 659. The summed E-state index contributed by atoms with van der Waals surface area (Å²) in [5.74, 6) is -0.878. The van der Waals surface area contributed by atoms with Crippen molar-refractivity contribution in [3.63, 3.8) is 0 Å². The average Bonchev–Trinajstić information content (AvgIpc) is 2.45. The molecule has 0 saturated heterocycles. The molecule has 0 aliphatic carbocycles. The second-order valence-electron chi connectivity index (χ2n) is 4.59. The van der Waals surface area contributed by atoms with Gasteiger partial charge in [-0.2, -0.15) is 0 Å². The van der Waals surface area contributed by atoms with Crippen molar-refractivity contribution in [2.45, 2.75) is 19.4 Å². The highest BCUT2D eigenvalue weighted by Gasteiger charge is 2.20. The fourth-order valence-electron chi connectivity index (χ4n) is 1.86. The highest BCUT2D eigenvalue weighted by atomic mass is 35.5. The van der Waals surface area contributed by atoms with Gasteiger partial charge in [-0.3, -0.25) is 4.79 Å². The number of carbonyl (C=O) groups is 1. The molecule has 0 saturated carbocycles. The van der Waals surface area contributed by atoms with E-state index in [9.17, 15) is 9.18 Å². The second kappa shape index (κ2) is 7.47. The molecule has 1 amide bonds. The molecule has 2 rings (SSSR count). The van der Waals surface area contributed by atoms with Crippen molar-refractivity contribution >= 4 is 34.8 Å². The average molecular weight is 342 g/mol. The van der Waals surface area contributed by atoms with E-state index in [1.54, 1.807) is 37.3 Å². The van der Waals surface area contributed by atoms with E-state index < -0.39 is 17.8 Å². The smallest absolute Gasteiger partial charge is 0.265 e. The molecule has 0 radical (unpaired) electrons. The third-order valence-corrected chi connectivity index (χ3v) is 3.34. The van der Waals surface area contributed by atoms with Crippen LogP contribution in [0.4, 0.5) is 10.1 Å². The van der Waals surface area contributed by atoms with Crippen LogP contribution in [0.3, 0.4) is 0 Å². The number of carbonyl (C=O) groups excluding carboxylic acids is 1. The third kappa shape index (κ3) is 4.36. The Morgan fingerprint density at radius 1 is 1.23 bits per heavy atom. The minimum Gasteiger partial charge on any atom is -0.478 e. The van der Waals surface area contributed by atoms with Gasteiger partial charge in [0, 0.05) is 15.7 Å². The largest absolute Gasteiger partial charge is 0.478 e. The summed E-state index contributed by atoms with van der Waals surface area (Å²) >= 11 is 11.8. The molecule has 0 spiro atoms. The van der Waals surface area contributed by atoms with Gasteiger partial charge in [0.05, 0.1) is 0 Å². The number of hydrogen-bond acceptors (Lipinski definition) is 2. The number of anilines is 1. The standard InChI is InChI=1S/C16H14Cl2FNO2/c1-2-14(22-15-6-4-3-5-13(15)19)16(21)20-12-8-10(17)7-11(18)9-12/h3-9,14H,2H2,1H3,(H,20,21)/t14-/m0/s1. The normalized spacial score (nSPS) is 11.8. The second-order valence-corrected chi connectivity index (χ2v) is 5.47. The number of halogens is 3. The maximum Gasteiger partial charge on any atom is 0.265 e. The van der Waals surface area contributed by atoms with E-state index in [-0.39, 0.29) is 5.75 Å². The van der Waals surface area contributed by atoms with Gasteiger partial charge in [-0.25, -0.2) is 4.39 Å². The SMILES string of the molecule is CC[C@H](Oc1ccccc1F)C(=O)Nc1cc(Cl)cc(Cl)c1. The van der Waals surface area contributed by atoms with Gasteiger partial charge in [-0.15, -0.1) is 0 Å². The monoisotopic (exact) mass is 341 g/mol. The van der Waals surface area contributed by atoms with Crippen molar-refractivity contribution < 1.29 is 13.9 Å². The zero-order valence-electron chi connectivity index (χ0n) is 11.8. The molecule has 0 fully saturated rings. The highest BCUT2D eigenvalue weighted by molar-refractivity contribution is 6.35. The molecular formula is C16H14Cl2FNO2. The maximum atomic E-state index is 13.6. The number of nitrogens with one attached hydrogen (secondary N) is 1. The molecule has 0 heterocycles. The summed E-state index contributed by atoms with van der Waals surface area (Å²) in [4.78, 5) is 12.2. The molecular weight excluding hydrogens is 328 g/mol. The summed E-state index contributed by atoms with van der Waals surface area (Å²) < 4.78 is 19.0. The Kier molecular flexibility index (Phi) is 5.63. The lowest BCUT2D eigenvalue weighted by Crippen LogP contribution is -2.32. The number of hydrogen-bond donors (Lipinski definition) is 1. The molecule has 2 aromatic carbocycles. The van der Waals surface area contributed by atoms with E-state index in [0.29, 0.717) is 22.2 Å². The van der Waals surface area contributed by atoms with Crippen molar-refractivity contribution in [1.29, 1.82) is 0 Å². The Balaban J connectivity index is 2.10. The lowest BCUT2D eigenvalue weighted by Gasteiger charge is -2.17. The molecule has 0 bridgehead atoms. The zero-order chi connectivity index (χ0) is 16.1. The van der Waals surface area contributed by atoms with Gasteiger partial charge in [0.15, 0.2) is 17.7 Å². The van der Waals surface area contributed by atoms with Crippen LogP contribution in [0.25, 0.3) is 0 Å². The first-order valence-electron chi connectivity index (χ1n) is 6.67. The van der Waals surface area contributed by atoms with Gasteiger partial charge < -0.3 is 10.1 Å². The first-order valence-corrected chi connectivity index (χ1v) is 7.43. The Labute approximate surface area is 138 Å². The minimum atomic E-state index is -0.824. The van der Waals surface area contributed by atoms with Crippen molar-refractivity contribution in [2.75, 3.05) is 5.32 Å². The zero-order valence-corrected chi connectivity index (χ0v) is 13.3. The van der Waals surface area contributed by atoms with Crippen LogP contribution in [0.5, 0.6) is 5.75 Å². The van der Waals surface area contributed by atoms with E-state index in [0.717, 1.165) is 0 Å². The van der Waals surface area contributed by atoms with Crippen LogP contribution in [0.2, 0.25) is 10.0 Å². The van der Waals surface area contributed by atoms with Gasteiger partial charge in [-0.1, -0.05) is 42.3 Å². The van der Waals surface area contributed by atoms with Crippen molar-refractivity contribution in [3.05, 3.63) is 58.3 Å². The molecule has 1 N–H and O–H groups in total. The Morgan fingerprint density at radius 3 is 2.45 bits per heavy atom. The number of para-hydroxylation sites is 1. The molecule has 3 nitrogen and oxygen atoms in total. The summed E-state index contributed by atoms with van der Waals surface area (Å²) in [5, 5.41) is 3.48. The lowest BCUT2D eigenvalue weighted by molar-refractivity contribution is -0.122. The van der Waals surface area contributed by atoms with Gasteiger partial charge >= 0.3 is 0 Å². The van der Waals surface area contributed by atoms with Crippen LogP contribution in [-0.4, -0.2) is 12.0 Å². The summed E-state index contributed by atoms with van der Waals surface area (Å²) in [6.07, 6.45) is -0.441. The van der Waals surface area contributed by atoms with Gasteiger partial charge in [0.25, 0.3) is 5.91 Å². The fraction of sp³-hybridized carbons (Fsp3) is 0.188. The molecule has 116 valence electrons. The molecule has 22 heavy (non-hydrogen) atoms. The van der Waals surface area contributed by atoms with Crippen LogP contribution in [-0.2, 0) is 4.79 Å². The van der Waals surface area contributed by atoms with E-state index >= 15 is 0 Å². The number of benzene rings is 2. The van der Waals surface area contributed by atoms with Crippen LogP contribution in [0.1, 0.15) is 13.3 Å². The van der Waals surface area contributed by atoms with Gasteiger partial charge in [0.2, 0.25) is 0 Å². The quantitative estimate of drug-likeness (QED) is 0.837. The van der Waals surface area contributed by atoms with Crippen molar-refractivity contribution in [3.8, 4) is 5.75 Å². The lowest BCUT2D eigenvalue weighted by atomic mass is 10.2. The molecule has 1 atom stereocenters. The summed E-state index contributed by atoms with van der Waals surface area (Å²) in [5.41, 5.74) is 0.457. The fourth-order valence-corrected chi connectivity index (χ4v) is 2.39. The van der Waals surface area contributed by atoms with E-state index in [2.05, 4.69) is 5.32 Å². The third-order valence-electron chi connectivity index (χ3n) is 2.90. The molecule has 2 aromatic rings. The molecule has 6 heteroatoms. The van der Waals surface area contributed by atoms with Crippen molar-refractivity contribution in [1.82, 2.24) is 0 Å². The summed E-state index contributed by atoms with van der Waals surface area (Å²) in [6, 6.07) is 10.6. The molecule has 0 aliphatic rings. The Hall–Kier alpha value is -1.78. The van der Waals surface area contributed by atoms with Crippen LogP contribution < -0.4 is 10.1 Å². The molecule has 0 unspecified atom stereocenters. The molecule has 0 aliphatic heterocycles. The van der Waals surface area contributed by atoms with E-state index in [1.807, 2.05) is 0 Å². The first kappa shape index (κ1) is 16.6. The van der Waals surface area contributed by atoms with Crippen LogP contribution >= 0.6 is 23.2 Å². The van der Waals surface area contributed by atoms with Crippen LogP contribution in [0, 0.1) is 5.82 Å². The summed E-state index contributed by atoms with van der Waals surface area (Å²) in [6.45, 7) is 1.77.